The topological polar surface area (TPSA) is 52.9 Å². The fourth-order valence-corrected chi connectivity index (χ4v) is 6.06. The molecule has 142 valence electrons. The van der Waals surface area contributed by atoms with E-state index in [-0.39, 0.29) is 22.7 Å². The maximum Gasteiger partial charge on any atom is 0.229 e. The quantitative estimate of drug-likeness (QED) is 0.728. The zero-order valence-corrected chi connectivity index (χ0v) is 18.1. The van der Waals surface area contributed by atoms with Crippen molar-refractivity contribution in [3.8, 4) is 6.07 Å². The number of thiophene rings is 1. The highest BCUT2D eigenvalue weighted by molar-refractivity contribution is 7.16. The number of amides is 1. The molecule has 1 unspecified atom stereocenters. The van der Waals surface area contributed by atoms with Crippen LogP contribution in [0.1, 0.15) is 77.3 Å². The second-order valence-corrected chi connectivity index (χ2v) is 11.1. The van der Waals surface area contributed by atoms with E-state index in [1.807, 2.05) is 0 Å². The normalized spacial score (nSPS) is 23.8. The van der Waals surface area contributed by atoms with Gasteiger partial charge in [-0.25, -0.2) is 0 Å². The number of nitrogens with one attached hydrogen (secondary N) is 1. The number of rotatable bonds is 4. The highest BCUT2D eigenvalue weighted by Gasteiger charge is 2.68. The minimum Gasteiger partial charge on any atom is -0.316 e. The van der Waals surface area contributed by atoms with Crippen molar-refractivity contribution in [2.45, 2.75) is 74.1 Å². The maximum atomic E-state index is 12.8. The fourth-order valence-electron chi connectivity index (χ4n) is 4.78. The van der Waals surface area contributed by atoms with Crippen LogP contribution in [0.4, 0.5) is 5.00 Å². The largest absolute Gasteiger partial charge is 0.316 e. The van der Waals surface area contributed by atoms with Crippen LogP contribution < -0.4 is 5.32 Å². The van der Waals surface area contributed by atoms with Gasteiger partial charge in [-0.05, 0) is 47.0 Å². The van der Waals surface area contributed by atoms with Crippen LogP contribution >= 0.6 is 11.3 Å². The van der Waals surface area contributed by atoms with Gasteiger partial charge in [-0.3, -0.25) is 4.79 Å². The Kier molecular flexibility index (Phi) is 4.55. The molecule has 1 N–H and O–H groups in total. The van der Waals surface area contributed by atoms with Gasteiger partial charge in [-0.2, -0.15) is 5.26 Å². The number of carbonyl (C=O) groups is 1. The lowest BCUT2D eigenvalue weighted by Crippen LogP contribution is -2.28. The molecule has 3 nitrogen and oxygen atoms in total. The average molecular weight is 373 g/mol. The minimum atomic E-state index is 0.00689. The third-order valence-corrected chi connectivity index (χ3v) is 9.08. The third kappa shape index (κ3) is 2.80. The van der Waals surface area contributed by atoms with E-state index in [2.05, 4.69) is 59.9 Å². The highest BCUT2D eigenvalue weighted by Crippen LogP contribution is 2.68. The van der Waals surface area contributed by atoms with E-state index in [0.29, 0.717) is 16.9 Å². The Labute approximate surface area is 162 Å². The predicted octanol–water partition coefficient (Wildman–Crippen LogP) is 5.78. The first-order valence-electron chi connectivity index (χ1n) is 9.82. The first-order chi connectivity index (χ1) is 12.0. The van der Waals surface area contributed by atoms with E-state index in [9.17, 15) is 10.1 Å². The molecule has 0 spiro atoms. The van der Waals surface area contributed by atoms with Crippen molar-refractivity contribution >= 4 is 22.2 Å². The van der Waals surface area contributed by atoms with Crippen molar-refractivity contribution in [3.63, 3.8) is 0 Å². The number of anilines is 1. The number of nitrogens with zero attached hydrogens (tertiary/aromatic N) is 1. The SMILES string of the molecule is CCC(C)(C)C1CCc2c(sc(NC(=O)C3C(C)(C)C3(C)C)c2C#N)C1. The van der Waals surface area contributed by atoms with Crippen molar-refractivity contribution < 1.29 is 4.79 Å². The molecular formula is C22H32N2OS. The van der Waals surface area contributed by atoms with Gasteiger partial charge in [0.25, 0.3) is 0 Å². The van der Waals surface area contributed by atoms with Gasteiger partial charge in [0.1, 0.15) is 11.1 Å². The maximum absolute atomic E-state index is 12.8. The molecule has 1 fully saturated rings. The molecule has 0 bridgehead atoms. The number of hydrogen-bond donors (Lipinski definition) is 1. The van der Waals surface area contributed by atoms with E-state index in [1.54, 1.807) is 11.3 Å². The lowest BCUT2D eigenvalue weighted by Gasteiger charge is -2.36. The second-order valence-electron chi connectivity index (χ2n) is 9.97. The van der Waals surface area contributed by atoms with Crippen LogP contribution in [0.5, 0.6) is 0 Å². The lowest BCUT2D eigenvalue weighted by molar-refractivity contribution is -0.118. The summed E-state index contributed by atoms with van der Waals surface area (Å²) in [5.41, 5.74) is 2.24. The summed E-state index contributed by atoms with van der Waals surface area (Å²) in [5.74, 6) is 0.725. The van der Waals surface area contributed by atoms with E-state index < -0.39 is 0 Å². The second kappa shape index (κ2) is 6.09. The molecule has 1 atom stereocenters. The zero-order chi connectivity index (χ0) is 19.5. The van der Waals surface area contributed by atoms with Crippen LogP contribution in [0.3, 0.4) is 0 Å². The molecule has 1 saturated carbocycles. The smallest absolute Gasteiger partial charge is 0.229 e. The molecule has 0 aromatic carbocycles. The fraction of sp³-hybridized carbons (Fsp3) is 0.727. The van der Waals surface area contributed by atoms with E-state index >= 15 is 0 Å². The Morgan fingerprint density at radius 1 is 1.31 bits per heavy atom. The minimum absolute atomic E-state index is 0.00689. The summed E-state index contributed by atoms with van der Waals surface area (Å²) >= 11 is 1.64. The average Bonchev–Trinajstić information content (AvgIpc) is 2.83. The van der Waals surface area contributed by atoms with Crippen molar-refractivity contribution in [1.82, 2.24) is 0 Å². The molecule has 2 aliphatic carbocycles. The Morgan fingerprint density at radius 3 is 2.42 bits per heavy atom. The number of nitriles is 1. The summed E-state index contributed by atoms with van der Waals surface area (Å²) in [6.45, 7) is 15.6. The predicted molar refractivity (Wildman–Crippen MR) is 108 cm³/mol. The molecule has 4 heteroatoms. The Balaban J connectivity index is 1.83. The van der Waals surface area contributed by atoms with Crippen LogP contribution in [0.2, 0.25) is 0 Å². The molecule has 1 aromatic heterocycles. The third-order valence-electron chi connectivity index (χ3n) is 7.91. The zero-order valence-electron chi connectivity index (χ0n) is 17.2. The standard InChI is InChI=1S/C22H32N2OS/c1-8-20(2,3)13-9-10-14-15(12-23)19(26-16(14)11-13)24-18(25)17-21(4,5)22(17,6)7/h13,17H,8-11H2,1-7H3,(H,24,25). The molecule has 0 radical (unpaired) electrons. The molecule has 0 aliphatic heterocycles. The summed E-state index contributed by atoms with van der Waals surface area (Å²) in [7, 11) is 0. The summed E-state index contributed by atoms with van der Waals surface area (Å²) in [4.78, 5) is 14.2. The summed E-state index contributed by atoms with van der Waals surface area (Å²) in [5, 5.41) is 13.6. The Hall–Kier alpha value is -1.34. The van der Waals surface area contributed by atoms with Gasteiger partial charge in [0.05, 0.1) is 5.56 Å². The first-order valence-corrected chi connectivity index (χ1v) is 10.6. The summed E-state index contributed by atoms with van der Waals surface area (Å²) in [6.07, 6.45) is 4.29. The molecule has 1 amide bonds. The van der Waals surface area contributed by atoms with E-state index in [1.165, 1.54) is 16.9 Å². The van der Waals surface area contributed by atoms with Crippen molar-refractivity contribution in [3.05, 3.63) is 16.0 Å². The van der Waals surface area contributed by atoms with Crippen LogP contribution in [-0.2, 0) is 17.6 Å². The number of carbonyl (C=O) groups excluding carboxylic acids is 1. The molecule has 1 heterocycles. The van der Waals surface area contributed by atoms with E-state index in [4.69, 9.17) is 0 Å². The number of fused-ring (bicyclic) bond motifs is 1. The van der Waals surface area contributed by atoms with Gasteiger partial charge in [0.2, 0.25) is 5.91 Å². The molecule has 26 heavy (non-hydrogen) atoms. The first kappa shape index (κ1) is 19.4. The highest BCUT2D eigenvalue weighted by atomic mass is 32.1. The van der Waals surface area contributed by atoms with Gasteiger partial charge in [0, 0.05) is 10.8 Å². The number of hydrogen-bond acceptors (Lipinski definition) is 3. The summed E-state index contributed by atoms with van der Waals surface area (Å²) in [6, 6.07) is 2.37. The monoisotopic (exact) mass is 372 g/mol. The molecule has 3 rings (SSSR count). The molecule has 2 aliphatic rings. The van der Waals surface area contributed by atoms with Crippen LogP contribution in [0.15, 0.2) is 0 Å². The van der Waals surface area contributed by atoms with E-state index in [0.717, 1.165) is 24.3 Å². The van der Waals surface area contributed by atoms with Crippen LogP contribution in [0, 0.1) is 39.4 Å². The van der Waals surface area contributed by atoms with Gasteiger partial charge in [-0.15, -0.1) is 11.3 Å². The van der Waals surface area contributed by atoms with Crippen molar-refractivity contribution in [1.29, 1.82) is 5.26 Å². The van der Waals surface area contributed by atoms with Crippen LogP contribution in [0.25, 0.3) is 0 Å². The Bertz CT molecular complexity index is 765. The summed E-state index contributed by atoms with van der Waals surface area (Å²) < 4.78 is 0. The lowest BCUT2D eigenvalue weighted by atomic mass is 9.69. The van der Waals surface area contributed by atoms with Gasteiger partial charge < -0.3 is 5.32 Å². The van der Waals surface area contributed by atoms with Gasteiger partial charge >= 0.3 is 0 Å². The molecule has 1 aromatic rings. The van der Waals surface area contributed by atoms with Crippen molar-refractivity contribution in [2.24, 2.45) is 28.1 Å². The molecular weight excluding hydrogens is 340 g/mol. The van der Waals surface area contributed by atoms with Crippen molar-refractivity contribution in [2.75, 3.05) is 5.32 Å². The van der Waals surface area contributed by atoms with Crippen LogP contribution in [-0.4, -0.2) is 5.91 Å². The van der Waals surface area contributed by atoms with Gasteiger partial charge in [0.15, 0.2) is 0 Å². The molecule has 0 saturated heterocycles. The Morgan fingerprint density at radius 2 is 1.92 bits per heavy atom. The van der Waals surface area contributed by atoms with Gasteiger partial charge in [-0.1, -0.05) is 54.9 Å².